The van der Waals surface area contributed by atoms with E-state index in [1.54, 1.807) is 22.8 Å². The van der Waals surface area contributed by atoms with Gasteiger partial charge < -0.3 is 14.5 Å². The Balaban J connectivity index is 1.55. The summed E-state index contributed by atoms with van der Waals surface area (Å²) >= 11 is 0. The Bertz CT molecular complexity index is 970. The van der Waals surface area contributed by atoms with Gasteiger partial charge in [-0.05, 0) is 25.0 Å². The van der Waals surface area contributed by atoms with Crippen molar-refractivity contribution < 1.29 is 23.9 Å². The number of nitriles is 1. The number of rotatable bonds is 4. The molecule has 0 spiro atoms. The monoisotopic (exact) mass is 397 g/mol. The third-order valence-electron chi connectivity index (χ3n) is 5.78. The number of imide groups is 1. The van der Waals surface area contributed by atoms with Crippen molar-refractivity contribution in [2.75, 3.05) is 18.6 Å². The van der Waals surface area contributed by atoms with Crippen LogP contribution in [-0.2, 0) is 19.1 Å². The number of carbonyl (C=O) groups is 4. The maximum absolute atomic E-state index is 13.1. The van der Waals surface area contributed by atoms with Crippen LogP contribution in [-0.4, -0.2) is 70.4 Å². The number of hydrogen-bond donors (Lipinski definition) is 0. The van der Waals surface area contributed by atoms with E-state index in [0.717, 1.165) is 4.90 Å². The third kappa shape index (κ3) is 2.81. The summed E-state index contributed by atoms with van der Waals surface area (Å²) in [6.07, 6.45) is 1.87. The van der Waals surface area contributed by atoms with Crippen molar-refractivity contribution in [1.82, 2.24) is 14.8 Å². The summed E-state index contributed by atoms with van der Waals surface area (Å²) < 4.78 is 4.57. The van der Waals surface area contributed by atoms with Gasteiger partial charge in [-0.3, -0.25) is 14.4 Å². The van der Waals surface area contributed by atoms with Crippen LogP contribution in [0.5, 0.6) is 0 Å². The predicted octanol–water partition coefficient (Wildman–Crippen LogP) is 0.335. The highest BCUT2D eigenvalue weighted by atomic mass is 16.5. The van der Waals surface area contributed by atoms with E-state index < -0.39 is 30.0 Å². The zero-order chi connectivity index (χ0) is 20.9. The highest BCUT2D eigenvalue weighted by Gasteiger charge is 2.62. The second-order valence-corrected chi connectivity index (χ2v) is 7.36. The Kier molecular flexibility index (Phi) is 4.45. The SMILES string of the molecule is COC(=O)CCC(=O)N1CC2CC1[C@@H]1C(=O)N(c3cnc(C#N)c(C)c3)C(=O)N21. The van der Waals surface area contributed by atoms with E-state index in [1.807, 2.05) is 6.07 Å². The van der Waals surface area contributed by atoms with Crippen LogP contribution in [0.15, 0.2) is 12.3 Å². The molecule has 1 aromatic heterocycles. The second kappa shape index (κ2) is 6.84. The van der Waals surface area contributed by atoms with Gasteiger partial charge in [-0.2, -0.15) is 5.26 Å². The molecule has 4 rings (SSSR count). The van der Waals surface area contributed by atoms with Gasteiger partial charge in [0.2, 0.25) is 5.91 Å². The first-order valence-corrected chi connectivity index (χ1v) is 9.26. The number of piperazine rings is 1. The Morgan fingerprint density at radius 3 is 2.76 bits per heavy atom. The molecule has 3 aliphatic rings. The molecule has 2 bridgehead atoms. The molecule has 3 aliphatic heterocycles. The minimum absolute atomic E-state index is 0.00714. The van der Waals surface area contributed by atoms with Crippen molar-refractivity contribution in [3.8, 4) is 6.07 Å². The largest absolute Gasteiger partial charge is 0.469 e. The Hall–Kier alpha value is -3.48. The minimum Gasteiger partial charge on any atom is -0.469 e. The summed E-state index contributed by atoms with van der Waals surface area (Å²) in [5.74, 6) is -1.10. The number of esters is 1. The molecule has 29 heavy (non-hydrogen) atoms. The number of nitrogens with zero attached hydrogens (tertiary/aromatic N) is 5. The minimum atomic E-state index is -0.737. The fourth-order valence-corrected chi connectivity index (χ4v) is 4.44. The number of amides is 4. The molecule has 10 heteroatoms. The number of carbonyl (C=O) groups excluding carboxylic acids is 4. The first-order valence-electron chi connectivity index (χ1n) is 9.26. The number of likely N-dealkylation sites (tertiary alicyclic amines) is 1. The van der Waals surface area contributed by atoms with E-state index in [2.05, 4.69) is 9.72 Å². The van der Waals surface area contributed by atoms with Crippen molar-refractivity contribution in [3.05, 3.63) is 23.5 Å². The maximum atomic E-state index is 13.1. The summed E-state index contributed by atoms with van der Waals surface area (Å²) in [4.78, 5) is 58.1. The van der Waals surface area contributed by atoms with Crippen LogP contribution in [0.3, 0.4) is 0 Å². The number of ether oxygens (including phenoxy) is 1. The van der Waals surface area contributed by atoms with Gasteiger partial charge in [0.1, 0.15) is 17.8 Å². The fraction of sp³-hybridized carbons (Fsp3) is 0.474. The van der Waals surface area contributed by atoms with Crippen molar-refractivity contribution in [2.45, 2.75) is 44.3 Å². The van der Waals surface area contributed by atoms with Crippen molar-refractivity contribution in [1.29, 1.82) is 5.26 Å². The van der Waals surface area contributed by atoms with E-state index in [0.29, 0.717) is 24.2 Å². The lowest BCUT2D eigenvalue weighted by Gasteiger charge is -2.34. The second-order valence-electron chi connectivity index (χ2n) is 7.36. The molecule has 0 radical (unpaired) electrons. The van der Waals surface area contributed by atoms with Crippen LogP contribution in [0, 0.1) is 18.3 Å². The third-order valence-corrected chi connectivity index (χ3v) is 5.78. The smallest absolute Gasteiger partial charge is 0.332 e. The molecule has 150 valence electrons. The zero-order valence-corrected chi connectivity index (χ0v) is 16.0. The lowest BCUT2D eigenvalue weighted by molar-refractivity contribution is -0.144. The summed E-state index contributed by atoms with van der Waals surface area (Å²) in [6, 6.07) is 1.74. The fourth-order valence-electron chi connectivity index (χ4n) is 4.44. The number of urea groups is 1. The van der Waals surface area contributed by atoms with E-state index in [-0.39, 0.29) is 30.5 Å². The van der Waals surface area contributed by atoms with Crippen LogP contribution >= 0.6 is 0 Å². The molecule has 0 N–H and O–H groups in total. The number of aryl methyl sites for hydroxylation is 1. The molecule has 3 saturated heterocycles. The van der Waals surface area contributed by atoms with Crippen LogP contribution < -0.4 is 4.90 Å². The molecule has 0 aliphatic carbocycles. The average Bonchev–Trinajstić information content (AvgIpc) is 3.37. The van der Waals surface area contributed by atoms with Gasteiger partial charge in [0.05, 0.1) is 37.5 Å². The molecule has 0 aromatic carbocycles. The highest BCUT2D eigenvalue weighted by molar-refractivity contribution is 6.22. The predicted molar refractivity (Wildman–Crippen MR) is 97.4 cm³/mol. The lowest BCUT2D eigenvalue weighted by atomic mass is 10.1. The van der Waals surface area contributed by atoms with Gasteiger partial charge in [0.15, 0.2) is 0 Å². The molecule has 4 amide bonds. The van der Waals surface area contributed by atoms with Crippen LogP contribution in [0.2, 0.25) is 0 Å². The summed E-state index contributed by atoms with van der Waals surface area (Å²) in [5, 5.41) is 9.03. The molecular weight excluding hydrogens is 378 g/mol. The van der Waals surface area contributed by atoms with Gasteiger partial charge >= 0.3 is 12.0 Å². The number of fused-ring (bicyclic) bond motifs is 5. The number of aromatic nitrogens is 1. The zero-order valence-electron chi connectivity index (χ0n) is 16.0. The molecule has 1 aromatic rings. The van der Waals surface area contributed by atoms with Gasteiger partial charge in [0.25, 0.3) is 5.91 Å². The molecule has 0 saturated carbocycles. The Morgan fingerprint density at radius 2 is 2.10 bits per heavy atom. The first-order chi connectivity index (χ1) is 13.9. The van der Waals surface area contributed by atoms with Crippen molar-refractivity contribution in [2.24, 2.45) is 0 Å². The van der Waals surface area contributed by atoms with Crippen molar-refractivity contribution in [3.63, 3.8) is 0 Å². The van der Waals surface area contributed by atoms with E-state index in [4.69, 9.17) is 5.26 Å². The number of hydrogen-bond acceptors (Lipinski definition) is 7. The molecule has 3 fully saturated rings. The summed E-state index contributed by atoms with van der Waals surface area (Å²) in [7, 11) is 1.26. The number of anilines is 1. The lowest BCUT2D eigenvalue weighted by Crippen LogP contribution is -2.54. The Morgan fingerprint density at radius 1 is 1.34 bits per heavy atom. The van der Waals surface area contributed by atoms with Gasteiger partial charge in [-0.25, -0.2) is 14.7 Å². The van der Waals surface area contributed by atoms with Gasteiger partial charge in [-0.15, -0.1) is 0 Å². The van der Waals surface area contributed by atoms with Crippen LogP contribution in [0.25, 0.3) is 0 Å². The quantitative estimate of drug-likeness (QED) is 0.530. The maximum Gasteiger partial charge on any atom is 0.332 e. The topological polar surface area (TPSA) is 124 Å². The standard InChI is InChI=1S/C19H19N5O5/c1-10-5-11(8-21-13(10)7-20)24-18(27)17-14-6-12(23(17)19(24)28)9-22(14)15(25)3-4-16(26)29-2/h5,8,12,14,17H,3-4,6,9H2,1-2H3/t12?,14?,17-/m1/s1. The van der Waals surface area contributed by atoms with Crippen molar-refractivity contribution >= 4 is 29.5 Å². The highest BCUT2D eigenvalue weighted by Crippen LogP contribution is 2.42. The molecular formula is C19H19N5O5. The van der Waals surface area contributed by atoms with Crippen LogP contribution in [0.4, 0.5) is 10.5 Å². The summed E-state index contributed by atoms with van der Waals surface area (Å²) in [6.45, 7) is 2.03. The van der Waals surface area contributed by atoms with E-state index in [1.165, 1.54) is 13.3 Å². The van der Waals surface area contributed by atoms with E-state index >= 15 is 0 Å². The van der Waals surface area contributed by atoms with Crippen LogP contribution in [0.1, 0.15) is 30.5 Å². The number of methoxy groups -OCH3 is 1. The molecule has 2 unspecified atom stereocenters. The summed E-state index contributed by atoms with van der Waals surface area (Å²) in [5.41, 5.74) is 1.12. The van der Waals surface area contributed by atoms with Gasteiger partial charge in [0, 0.05) is 13.0 Å². The molecule has 3 atom stereocenters. The molecule has 4 heterocycles. The normalized spacial score (nSPS) is 24.7. The molecule has 10 nitrogen and oxygen atoms in total. The van der Waals surface area contributed by atoms with E-state index in [9.17, 15) is 19.2 Å². The number of pyridine rings is 1. The average molecular weight is 397 g/mol. The first kappa shape index (κ1) is 18.9. The van der Waals surface area contributed by atoms with Gasteiger partial charge in [-0.1, -0.05) is 0 Å². The Labute approximate surface area is 166 Å².